The van der Waals surface area contributed by atoms with Gasteiger partial charge < -0.3 is 9.64 Å². The molecule has 0 saturated carbocycles. The lowest BCUT2D eigenvalue weighted by Gasteiger charge is -2.33. The summed E-state index contributed by atoms with van der Waals surface area (Å²) in [6.45, 7) is 1.02. The summed E-state index contributed by atoms with van der Waals surface area (Å²) in [6, 6.07) is 6.49. The highest BCUT2D eigenvalue weighted by atomic mass is 19.3. The van der Waals surface area contributed by atoms with E-state index >= 15 is 4.39 Å². The smallest absolute Gasteiger partial charge is 0.269 e. The fourth-order valence-electron chi connectivity index (χ4n) is 4.03. The number of hydrogen-bond acceptors (Lipinski definition) is 2. The Morgan fingerprint density at radius 2 is 1.90 bits per heavy atom. The van der Waals surface area contributed by atoms with E-state index in [1.807, 2.05) is 0 Å². The fraction of sp³-hybridized carbons (Fsp3) is 0.409. The van der Waals surface area contributed by atoms with Crippen molar-refractivity contribution >= 4 is 5.91 Å². The molecule has 2 aromatic rings. The standard InChI is InChI=1S/C22H20F5NO2/c1-12-18(28(11-22(12,26)27)21(29)19-7-8-30-19)10-14-3-2-4-15(20(14)25)13-5-6-16(23)17(24)9-13/h2-6,9,12,18-19H,7-8,10-11H2,1H3/t12-,18+,19?/m1/s1. The number of likely N-dealkylation sites (tertiary alicyclic amines) is 1. The predicted octanol–water partition coefficient (Wildman–Crippen LogP) is 4.58. The molecule has 8 heteroatoms. The normalized spacial score (nSPS) is 25.3. The van der Waals surface area contributed by atoms with Crippen molar-refractivity contribution in [2.45, 2.75) is 37.8 Å². The van der Waals surface area contributed by atoms with Gasteiger partial charge in [-0.3, -0.25) is 4.79 Å². The van der Waals surface area contributed by atoms with Gasteiger partial charge in [0.05, 0.1) is 13.2 Å². The lowest BCUT2D eigenvalue weighted by atomic mass is 9.91. The monoisotopic (exact) mass is 425 g/mol. The van der Waals surface area contributed by atoms with Crippen LogP contribution in [0.2, 0.25) is 0 Å². The van der Waals surface area contributed by atoms with E-state index in [2.05, 4.69) is 0 Å². The molecule has 0 aromatic heterocycles. The van der Waals surface area contributed by atoms with Gasteiger partial charge in [0, 0.05) is 23.9 Å². The highest BCUT2D eigenvalue weighted by Gasteiger charge is 2.54. The van der Waals surface area contributed by atoms with Gasteiger partial charge in [-0.2, -0.15) is 0 Å². The molecule has 3 nitrogen and oxygen atoms in total. The second-order valence-corrected chi connectivity index (χ2v) is 7.84. The Morgan fingerprint density at radius 1 is 1.17 bits per heavy atom. The van der Waals surface area contributed by atoms with Crippen LogP contribution in [0.5, 0.6) is 0 Å². The van der Waals surface area contributed by atoms with Crippen molar-refractivity contribution in [2.24, 2.45) is 5.92 Å². The number of nitrogens with zero attached hydrogens (tertiary/aromatic N) is 1. The molecule has 1 amide bonds. The van der Waals surface area contributed by atoms with E-state index < -0.39 is 53.9 Å². The average molecular weight is 425 g/mol. The van der Waals surface area contributed by atoms with Crippen LogP contribution in [0.25, 0.3) is 11.1 Å². The molecule has 2 aromatic carbocycles. The number of alkyl halides is 2. The summed E-state index contributed by atoms with van der Waals surface area (Å²) in [7, 11) is 0. The molecule has 2 fully saturated rings. The second-order valence-electron chi connectivity index (χ2n) is 7.84. The van der Waals surface area contributed by atoms with Gasteiger partial charge in [0.15, 0.2) is 11.6 Å². The molecule has 30 heavy (non-hydrogen) atoms. The molecule has 0 N–H and O–H groups in total. The SMILES string of the molecule is C[C@@H]1[C@H](Cc2cccc(-c3ccc(F)c(F)c3)c2F)N(C(=O)C2CCO2)CC1(F)F. The van der Waals surface area contributed by atoms with Crippen molar-refractivity contribution in [2.75, 3.05) is 13.2 Å². The van der Waals surface area contributed by atoms with Crippen LogP contribution in [-0.4, -0.2) is 42.0 Å². The third-order valence-electron chi connectivity index (χ3n) is 6.02. The summed E-state index contributed by atoms with van der Waals surface area (Å²) in [4.78, 5) is 13.7. The van der Waals surface area contributed by atoms with Crippen LogP contribution in [0.3, 0.4) is 0 Å². The Morgan fingerprint density at radius 3 is 2.53 bits per heavy atom. The third-order valence-corrected chi connectivity index (χ3v) is 6.02. The predicted molar refractivity (Wildman–Crippen MR) is 99.4 cm³/mol. The number of ether oxygens (including phenoxy) is 1. The molecule has 2 aliphatic heterocycles. The maximum absolute atomic E-state index is 15.2. The minimum Gasteiger partial charge on any atom is -0.368 e. The molecular weight excluding hydrogens is 405 g/mol. The summed E-state index contributed by atoms with van der Waals surface area (Å²) < 4.78 is 76.0. The van der Waals surface area contributed by atoms with Crippen molar-refractivity contribution in [3.63, 3.8) is 0 Å². The zero-order valence-corrected chi connectivity index (χ0v) is 16.2. The third kappa shape index (κ3) is 3.57. The van der Waals surface area contributed by atoms with Crippen LogP contribution in [0, 0.1) is 23.4 Å². The van der Waals surface area contributed by atoms with Crippen molar-refractivity contribution in [3.05, 3.63) is 59.4 Å². The summed E-state index contributed by atoms with van der Waals surface area (Å²) in [5, 5.41) is 0. The van der Waals surface area contributed by atoms with E-state index in [4.69, 9.17) is 4.74 Å². The number of amides is 1. The summed E-state index contributed by atoms with van der Waals surface area (Å²) in [5.41, 5.74) is 0.289. The van der Waals surface area contributed by atoms with Crippen LogP contribution in [-0.2, 0) is 16.0 Å². The van der Waals surface area contributed by atoms with E-state index in [-0.39, 0.29) is 23.1 Å². The molecule has 160 valence electrons. The Balaban J connectivity index is 1.65. The van der Waals surface area contributed by atoms with Crippen molar-refractivity contribution < 1.29 is 31.5 Å². The average Bonchev–Trinajstić information content (AvgIpc) is 2.88. The molecule has 1 unspecified atom stereocenters. The highest BCUT2D eigenvalue weighted by molar-refractivity contribution is 5.82. The first-order valence-corrected chi connectivity index (χ1v) is 9.72. The molecule has 3 atom stereocenters. The zero-order chi connectivity index (χ0) is 21.6. The minimum absolute atomic E-state index is 0.0315. The molecule has 2 aliphatic rings. The van der Waals surface area contributed by atoms with E-state index in [0.29, 0.717) is 13.0 Å². The van der Waals surface area contributed by atoms with Crippen LogP contribution in [0.15, 0.2) is 36.4 Å². The maximum Gasteiger partial charge on any atom is 0.269 e. The topological polar surface area (TPSA) is 29.5 Å². The Labute approximate surface area is 170 Å². The van der Waals surface area contributed by atoms with Gasteiger partial charge in [-0.1, -0.05) is 31.2 Å². The van der Waals surface area contributed by atoms with Gasteiger partial charge in [-0.15, -0.1) is 0 Å². The summed E-state index contributed by atoms with van der Waals surface area (Å²) in [5.74, 6) is -7.65. The van der Waals surface area contributed by atoms with Crippen molar-refractivity contribution in [1.82, 2.24) is 4.90 Å². The number of carbonyl (C=O) groups excluding carboxylic acids is 1. The van der Waals surface area contributed by atoms with E-state index in [0.717, 1.165) is 17.0 Å². The Bertz CT molecular complexity index is 976. The second kappa shape index (κ2) is 7.65. The van der Waals surface area contributed by atoms with Crippen LogP contribution in [0.1, 0.15) is 18.9 Å². The molecule has 0 bridgehead atoms. The zero-order valence-electron chi connectivity index (χ0n) is 16.2. The van der Waals surface area contributed by atoms with Crippen molar-refractivity contribution in [3.8, 4) is 11.1 Å². The van der Waals surface area contributed by atoms with Gasteiger partial charge in [0.1, 0.15) is 11.9 Å². The Kier molecular flexibility index (Phi) is 5.30. The number of halogens is 5. The molecule has 2 saturated heterocycles. The highest BCUT2D eigenvalue weighted by Crippen LogP contribution is 2.40. The number of benzene rings is 2. The number of rotatable bonds is 4. The van der Waals surface area contributed by atoms with Crippen LogP contribution in [0.4, 0.5) is 22.0 Å². The lowest BCUT2D eigenvalue weighted by Crippen LogP contribution is -2.49. The maximum atomic E-state index is 15.2. The first-order chi connectivity index (χ1) is 14.2. The molecule has 0 aliphatic carbocycles. The molecular formula is C22H20F5NO2. The van der Waals surface area contributed by atoms with Crippen molar-refractivity contribution in [1.29, 1.82) is 0 Å². The summed E-state index contributed by atoms with van der Waals surface area (Å²) in [6.07, 6.45) is -0.382. The molecule has 0 spiro atoms. The first-order valence-electron chi connectivity index (χ1n) is 9.72. The van der Waals surface area contributed by atoms with E-state index in [1.54, 1.807) is 0 Å². The van der Waals surface area contributed by atoms with Gasteiger partial charge in [-0.25, -0.2) is 22.0 Å². The molecule has 2 heterocycles. The molecule has 4 rings (SSSR count). The summed E-state index contributed by atoms with van der Waals surface area (Å²) >= 11 is 0. The van der Waals surface area contributed by atoms with Gasteiger partial charge in [-0.05, 0) is 29.7 Å². The number of carbonyl (C=O) groups is 1. The molecule has 0 radical (unpaired) electrons. The van der Waals surface area contributed by atoms with E-state index in [9.17, 15) is 22.4 Å². The van der Waals surface area contributed by atoms with E-state index in [1.165, 1.54) is 31.2 Å². The lowest BCUT2D eigenvalue weighted by molar-refractivity contribution is -0.158. The van der Waals surface area contributed by atoms with Crippen LogP contribution < -0.4 is 0 Å². The fourth-order valence-corrected chi connectivity index (χ4v) is 4.03. The van der Waals surface area contributed by atoms with Gasteiger partial charge >= 0.3 is 0 Å². The largest absolute Gasteiger partial charge is 0.368 e. The van der Waals surface area contributed by atoms with Gasteiger partial charge in [0.25, 0.3) is 11.8 Å². The van der Waals surface area contributed by atoms with Crippen LogP contribution >= 0.6 is 0 Å². The quantitative estimate of drug-likeness (QED) is 0.671. The minimum atomic E-state index is -3.10. The van der Waals surface area contributed by atoms with Gasteiger partial charge in [0.2, 0.25) is 0 Å². The number of hydrogen-bond donors (Lipinski definition) is 0. The Hall–Kier alpha value is -2.48. The first kappa shape index (κ1) is 20.8.